The highest BCUT2D eigenvalue weighted by Gasteiger charge is 2.56. The summed E-state index contributed by atoms with van der Waals surface area (Å²) in [6, 6.07) is 15.2. The predicted molar refractivity (Wildman–Crippen MR) is 105 cm³/mol. The molecule has 0 spiro atoms. The third-order valence-electron chi connectivity index (χ3n) is 6.36. The minimum Gasteiger partial charge on any atom is -0.392 e. The molecule has 27 heavy (non-hydrogen) atoms. The molecule has 4 rings (SSSR count). The molecule has 4 nitrogen and oxygen atoms in total. The number of amides is 2. The third kappa shape index (κ3) is 2.54. The largest absolute Gasteiger partial charge is 0.392 e. The fourth-order valence-corrected chi connectivity index (χ4v) is 4.91. The Hall–Kier alpha value is -2.46. The lowest BCUT2D eigenvalue weighted by molar-refractivity contribution is -0.122. The first-order chi connectivity index (χ1) is 12.9. The van der Waals surface area contributed by atoms with E-state index in [4.69, 9.17) is 0 Å². The predicted octanol–water partition coefficient (Wildman–Crippen LogP) is 3.70. The maximum atomic E-state index is 13.3. The van der Waals surface area contributed by atoms with Crippen LogP contribution >= 0.6 is 0 Å². The number of benzene rings is 2. The van der Waals surface area contributed by atoms with Crippen molar-refractivity contribution >= 4 is 17.5 Å². The molecule has 1 N–H and O–H groups in total. The number of aliphatic hydroxyl groups excluding tert-OH is 1. The topological polar surface area (TPSA) is 57.6 Å². The molecule has 0 saturated carbocycles. The first-order valence-electron chi connectivity index (χ1n) is 9.60. The van der Waals surface area contributed by atoms with E-state index in [2.05, 4.69) is 0 Å². The van der Waals surface area contributed by atoms with E-state index < -0.39 is 23.4 Å². The van der Waals surface area contributed by atoms with Gasteiger partial charge in [0.2, 0.25) is 11.8 Å². The highest BCUT2D eigenvalue weighted by atomic mass is 16.3. The zero-order valence-electron chi connectivity index (χ0n) is 16.0. The van der Waals surface area contributed by atoms with Crippen molar-refractivity contribution in [3.63, 3.8) is 0 Å². The van der Waals surface area contributed by atoms with E-state index in [1.807, 2.05) is 57.2 Å². The summed E-state index contributed by atoms with van der Waals surface area (Å²) in [7, 11) is 0. The Morgan fingerprint density at radius 2 is 1.85 bits per heavy atom. The molecule has 4 heteroatoms. The number of nitrogens with zero attached hydrogens (tertiary/aromatic N) is 1. The molecule has 2 aliphatic rings. The van der Waals surface area contributed by atoms with Crippen LogP contribution < -0.4 is 4.90 Å². The third-order valence-corrected chi connectivity index (χ3v) is 6.36. The van der Waals surface area contributed by atoms with Gasteiger partial charge >= 0.3 is 0 Å². The number of hydrogen-bond acceptors (Lipinski definition) is 3. The number of aliphatic hydroxyl groups is 1. The first kappa shape index (κ1) is 17.9. The lowest BCUT2D eigenvalue weighted by Crippen LogP contribution is -2.44. The second-order valence-corrected chi connectivity index (χ2v) is 8.07. The van der Waals surface area contributed by atoms with Gasteiger partial charge in [-0.25, -0.2) is 4.90 Å². The zero-order valence-corrected chi connectivity index (χ0v) is 16.0. The molecule has 1 saturated heterocycles. The summed E-state index contributed by atoms with van der Waals surface area (Å²) in [5.41, 5.74) is 3.04. The molecule has 2 aromatic carbocycles. The van der Waals surface area contributed by atoms with Crippen molar-refractivity contribution in [1.29, 1.82) is 0 Å². The van der Waals surface area contributed by atoms with Crippen LogP contribution in [0.15, 0.2) is 48.5 Å². The van der Waals surface area contributed by atoms with Crippen molar-refractivity contribution in [2.75, 3.05) is 4.90 Å². The minimum absolute atomic E-state index is 0.155. The Morgan fingerprint density at radius 3 is 2.52 bits per heavy atom. The molecule has 140 valence electrons. The van der Waals surface area contributed by atoms with E-state index in [1.54, 1.807) is 12.1 Å². The van der Waals surface area contributed by atoms with Crippen molar-refractivity contribution in [3.8, 4) is 0 Å². The SMILES string of the molecule is CC[C@H](O)[C@]1(C)C[C@H]2C(=O)N(c3ccccc3)C(=O)[C@H]2c2cc(C)ccc21. The summed E-state index contributed by atoms with van der Waals surface area (Å²) < 4.78 is 0. The molecule has 0 bridgehead atoms. The molecule has 1 heterocycles. The molecule has 1 aliphatic carbocycles. The normalized spacial score (nSPS) is 28.1. The average molecular weight is 363 g/mol. The molecule has 0 radical (unpaired) electrons. The number of carbonyl (C=O) groups is 2. The molecule has 2 amide bonds. The summed E-state index contributed by atoms with van der Waals surface area (Å²) in [5.74, 6) is -1.21. The van der Waals surface area contributed by atoms with Crippen LogP contribution in [-0.2, 0) is 15.0 Å². The minimum atomic E-state index is -0.561. The Bertz CT molecular complexity index is 907. The van der Waals surface area contributed by atoms with E-state index >= 15 is 0 Å². The van der Waals surface area contributed by atoms with Gasteiger partial charge < -0.3 is 5.11 Å². The quantitative estimate of drug-likeness (QED) is 0.846. The monoisotopic (exact) mass is 363 g/mol. The van der Waals surface area contributed by atoms with E-state index in [0.717, 1.165) is 16.7 Å². The van der Waals surface area contributed by atoms with E-state index in [1.165, 1.54) is 4.90 Å². The molecule has 2 aromatic rings. The highest BCUT2D eigenvalue weighted by Crippen LogP contribution is 2.52. The van der Waals surface area contributed by atoms with Crippen LogP contribution in [0.5, 0.6) is 0 Å². The fourth-order valence-electron chi connectivity index (χ4n) is 4.91. The van der Waals surface area contributed by atoms with Crippen LogP contribution in [-0.4, -0.2) is 23.0 Å². The summed E-state index contributed by atoms with van der Waals surface area (Å²) >= 11 is 0. The van der Waals surface area contributed by atoms with E-state index in [0.29, 0.717) is 18.5 Å². The molecular formula is C23H25NO3. The first-order valence-corrected chi connectivity index (χ1v) is 9.60. The summed E-state index contributed by atoms with van der Waals surface area (Å²) in [5, 5.41) is 10.8. The Kier molecular flexibility index (Phi) is 4.19. The maximum absolute atomic E-state index is 13.3. The van der Waals surface area contributed by atoms with Gasteiger partial charge in [0.25, 0.3) is 0 Å². The molecule has 1 fully saturated rings. The van der Waals surface area contributed by atoms with E-state index in [-0.39, 0.29) is 11.8 Å². The van der Waals surface area contributed by atoms with Crippen molar-refractivity contribution in [3.05, 3.63) is 65.2 Å². The van der Waals surface area contributed by atoms with Crippen LogP contribution in [0, 0.1) is 12.8 Å². The van der Waals surface area contributed by atoms with Crippen LogP contribution in [0.1, 0.15) is 49.3 Å². The van der Waals surface area contributed by atoms with Gasteiger partial charge in [-0.3, -0.25) is 9.59 Å². The average Bonchev–Trinajstić information content (AvgIpc) is 2.91. The number of para-hydroxylation sites is 1. The number of hydrogen-bond donors (Lipinski definition) is 1. The van der Waals surface area contributed by atoms with Gasteiger partial charge in [-0.05, 0) is 43.0 Å². The van der Waals surface area contributed by atoms with Gasteiger partial charge in [-0.1, -0.05) is 55.8 Å². The van der Waals surface area contributed by atoms with Gasteiger partial charge in [0.15, 0.2) is 0 Å². The number of fused-ring (bicyclic) bond motifs is 3. The lowest BCUT2D eigenvalue weighted by Gasteiger charge is -2.43. The Morgan fingerprint density at radius 1 is 1.15 bits per heavy atom. The van der Waals surface area contributed by atoms with Gasteiger partial charge in [0.1, 0.15) is 0 Å². The standard InChI is InChI=1S/C23H25NO3/c1-4-19(25)23(3)13-17-20(16-12-14(2)10-11-18(16)23)22(27)24(21(17)26)15-8-6-5-7-9-15/h5-12,17,19-20,25H,4,13H2,1-3H3/t17-,19+,20+,23-/m1/s1. The molecule has 1 aliphatic heterocycles. The van der Waals surface area contributed by atoms with Crippen molar-refractivity contribution < 1.29 is 14.7 Å². The zero-order chi connectivity index (χ0) is 19.3. The van der Waals surface area contributed by atoms with Crippen molar-refractivity contribution in [2.24, 2.45) is 5.92 Å². The molecule has 0 unspecified atom stereocenters. The number of carbonyl (C=O) groups excluding carboxylic acids is 2. The lowest BCUT2D eigenvalue weighted by atomic mass is 9.61. The van der Waals surface area contributed by atoms with Gasteiger partial charge in [-0.2, -0.15) is 0 Å². The van der Waals surface area contributed by atoms with Gasteiger partial charge in [-0.15, -0.1) is 0 Å². The second-order valence-electron chi connectivity index (χ2n) is 8.07. The van der Waals surface area contributed by atoms with Crippen LogP contribution in [0.4, 0.5) is 5.69 Å². The molecule has 4 atom stereocenters. The maximum Gasteiger partial charge on any atom is 0.242 e. The smallest absolute Gasteiger partial charge is 0.242 e. The second kappa shape index (κ2) is 6.31. The van der Waals surface area contributed by atoms with Crippen LogP contribution in [0.3, 0.4) is 0 Å². The van der Waals surface area contributed by atoms with Crippen LogP contribution in [0.25, 0.3) is 0 Å². The van der Waals surface area contributed by atoms with Crippen molar-refractivity contribution in [1.82, 2.24) is 0 Å². The summed E-state index contributed by atoms with van der Waals surface area (Å²) in [6.45, 7) is 5.97. The summed E-state index contributed by atoms with van der Waals surface area (Å²) in [6.07, 6.45) is 0.524. The number of aryl methyl sites for hydroxylation is 1. The highest BCUT2D eigenvalue weighted by molar-refractivity contribution is 6.24. The van der Waals surface area contributed by atoms with Gasteiger partial charge in [0.05, 0.1) is 23.6 Å². The van der Waals surface area contributed by atoms with Gasteiger partial charge in [0, 0.05) is 5.41 Å². The van der Waals surface area contributed by atoms with Crippen LogP contribution in [0.2, 0.25) is 0 Å². The van der Waals surface area contributed by atoms with E-state index in [9.17, 15) is 14.7 Å². The molecule has 0 aromatic heterocycles. The summed E-state index contributed by atoms with van der Waals surface area (Å²) in [4.78, 5) is 27.9. The van der Waals surface area contributed by atoms with Crippen molar-refractivity contribution in [2.45, 2.75) is 51.0 Å². The molecular weight excluding hydrogens is 338 g/mol. The number of imide groups is 1. The fraction of sp³-hybridized carbons (Fsp3) is 0.391. The number of rotatable bonds is 3. The Balaban J connectivity index is 1.88. The number of anilines is 1. The Labute approximate surface area is 159 Å².